The molecule has 0 atom stereocenters. The van der Waals surface area contributed by atoms with E-state index in [1.807, 2.05) is 94.1 Å². The molecule has 6 aromatic rings. The van der Waals surface area contributed by atoms with Crippen LogP contribution in [0, 0.1) is 0 Å². The first-order valence-electron chi connectivity index (χ1n) is 12.6. The lowest BCUT2D eigenvalue weighted by atomic mass is 10.2. The normalized spacial score (nSPS) is 12.1. The molecule has 0 aliphatic carbocycles. The predicted octanol–water partition coefficient (Wildman–Crippen LogP) is 5.98. The van der Waals surface area contributed by atoms with Gasteiger partial charge in [0, 0.05) is 0 Å². The zero-order chi connectivity index (χ0) is 26.4. The minimum absolute atomic E-state index is 0.103. The fraction of sp³-hybridized carbons (Fsp3) is 0.100. The molecule has 0 fully saturated rings. The maximum absolute atomic E-state index is 9.99. The number of nitrogens with one attached hydrogen (secondary N) is 1. The van der Waals surface area contributed by atoms with Crippen molar-refractivity contribution in [1.29, 1.82) is 0 Å². The molecule has 0 saturated carbocycles. The molecule has 0 amide bonds. The van der Waals surface area contributed by atoms with E-state index in [9.17, 15) is 5.11 Å². The topological polar surface area (TPSA) is 105 Å². The maximum Gasteiger partial charge on any atom is 0.250 e. The fourth-order valence-corrected chi connectivity index (χ4v) is 4.45. The lowest BCUT2D eigenvalue weighted by Gasteiger charge is -2.09. The zero-order valence-corrected chi connectivity index (χ0v) is 21.1. The maximum atomic E-state index is 9.99. The number of anilines is 1. The Morgan fingerprint density at radius 1 is 0.667 bits per heavy atom. The van der Waals surface area contributed by atoms with E-state index in [0.717, 1.165) is 33.2 Å². The first kappa shape index (κ1) is 24.2. The van der Waals surface area contributed by atoms with Crippen molar-refractivity contribution in [2.24, 2.45) is 15.3 Å². The molecule has 2 aromatic heterocycles. The summed E-state index contributed by atoms with van der Waals surface area (Å²) in [5.74, 6) is 1.07. The van der Waals surface area contributed by atoms with Crippen molar-refractivity contribution in [3.63, 3.8) is 0 Å². The quantitative estimate of drug-likeness (QED) is 0.113. The van der Waals surface area contributed by atoms with Crippen LogP contribution in [-0.4, -0.2) is 36.7 Å². The Balaban J connectivity index is 1.30. The number of hydrazone groups is 1. The van der Waals surface area contributed by atoms with Gasteiger partial charge in [-0.05, 0) is 35.4 Å². The Bertz CT molecular complexity index is 1770. The molecule has 0 bridgehead atoms. The first-order chi connectivity index (χ1) is 19.3. The second kappa shape index (κ2) is 11.1. The number of para-hydroxylation sites is 4. The van der Waals surface area contributed by atoms with Gasteiger partial charge in [0.05, 0.1) is 35.2 Å². The average molecular weight is 515 g/mol. The zero-order valence-electron chi connectivity index (χ0n) is 21.1. The monoisotopic (exact) mass is 514 g/mol. The number of imidazole rings is 2. The molecule has 0 aliphatic rings. The molecule has 4 aromatic carbocycles. The second-order valence-corrected chi connectivity index (χ2v) is 8.97. The van der Waals surface area contributed by atoms with Crippen molar-refractivity contribution < 1.29 is 5.11 Å². The third kappa shape index (κ3) is 5.29. The van der Waals surface area contributed by atoms with Crippen LogP contribution in [-0.2, 0) is 13.1 Å². The molecule has 2 N–H and O–H groups in total. The van der Waals surface area contributed by atoms with Gasteiger partial charge >= 0.3 is 0 Å². The first-order valence-corrected chi connectivity index (χ1v) is 12.6. The highest BCUT2D eigenvalue weighted by molar-refractivity contribution is 5.85. The molecule has 0 aliphatic heterocycles. The molecule has 0 saturated heterocycles. The van der Waals surface area contributed by atoms with Crippen LogP contribution in [0.3, 0.4) is 0 Å². The van der Waals surface area contributed by atoms with Crippen LogP contribution in [0.2, 0.25) is 0 Å². The molecule has 39 heavy (non-hydrogen) atoms. The van der Waals surface area contributed by atoms with Gasteiger partial charge in [-0.3, -0.25) is 0 Å². The summed E-state index contributed by atoms with van der Waals surface area (Å²) in [5, 5.41) is 22.9. The molecule has 0 spiro atoms. The molecule has 9 heteroatoms. The van der Waals surface area contributed by atoms with Crippen LogP contribution in [0.25, 0.3) is 22.1 Å². The number of benzene rings is 4. The average Bonchev–Trinajstić information content (AvgIpc) is 3.52. The van der Waals surface area contributed by atoms with Crippen molar-refractivity contribution in [2.75, 3.05) is 12.0 Å². The van der Waals surface area contributed by atoms with E-state index in [1.165, 1.54) is 0 Å². The SMILES string of the molecule is OC/C(N=Nc1nc2ccccc2n1Cc1ccccc1)=N\Nc1nc2ccccc2n1Cc1ccccc1. The second-order valence-electron chi connectivity index (χ2n) is 8.97. The van der Waals surface area contributed by atoms with E-state index >= 15 is 0 Å². The lowest BCUT2D eigenvalue weighted by Crippen LogP contribution is -2.09. The van der Waals surface area contributed by atoms with Gasteiger partial charge in [-0.25, -0.2) is 15.4 Å². The Kier molecular flexibility index (Phi) is 6.87. The largest absolute Gasteiger partial charge is 0.388 e. The number of amidine groups is 1. The number of aliphatic hydroxyl groups is 1. The summed E-state index contributed by atoms with van der Waals surface area (Å²) < 4.78 is 4.04. The van der Waals surface area contributed by atoms with Crippen LogP contribution in [0.5, 0.6) is 0 Å². The van der Waals surface area contributed by atoms with Crippen LogP contribution in [0.1, 0.15) is 11.1 Å². The summed E-state index contributed by atoms with van der Waals surface area (Å²) in [5.41, 5.74) is 8.82. The highest BCUT2D eigenvalue weighted by atomic mass is 16.3. The summed E-state index contributed by atoms with van der Waals surface area (Å²) in [6.45, 7) is 0.788. The Morgan fingerprint density at radius 2 is 1.21 bits per heavy atom. The van der Waals surface area contributed by atoms with Gasteiger partial charge in [0.1, 0.15) is 6.61 Å². The van der Waals surface area contributed by atoms with Gasteiger partial charge in [0.2, 0.25) is 5.95 Å². The Labute approximate surface area is 224 Å². The molecular formula is C30H26N8O. The third-order valence-corrected chi connectivity index (χ3v) is 6.34. The number of fused-ring (bicyclic) bond motifs is 2. The van der Waals surface area contributed by atoms with E-state index in [4.69, 9.17) is 4.98 Å². The highest BCUT2D eigenvalue weighted by Gasteiger charge is 2.13. The summed E-state index contributed by atoms with van der Waals surface area (Å²) >= 11 is 0. The number of hydrogen-bond donors (Lipinski definition) is 2. The minimum atomic E-state index is -0.408. The predicted molar refractivity (Wildman–Crippen MR) is 153 cm³/mol. The molecule has 0 radical (unpaired) electrons. The van der Waals surface area contributed by atoms with Gasteiger partial charge < -0.3 is 14.2 Å². The van der Waals surface area contributed by atoms with Gasteiger partial charge in [-0.1, -0.05) is 84.9 Å². The van der Waals surface area contributed by atoms with E-state index in [1.54, 1.807) is 0 Å². The molecule has 0 unspecified atom stereocenters. The molecule has 2 heterocycles. The van der Waals surface area contributed by atoms with Gasteiger partial charge in [0.15, 0.2) is 5.84 Å². The Morgan fingerprint density at radius 3 is 1.85 bits per heavy atom. The number of rotatable bonds is 8. The summed E-state index contributed by atoms with van der Waals surface area (Å²) in [4.78, 5) is 9.35. The van der Waals surface area contributed by atoms with Crippen LogP contribution in [0.15, 0.2) is 125 Å². The molecule has 6 rings (SSSR count). The van der Waals surface area contributed by atoms with Crippen molar-refractivity contribution in [2.45, 2.75) is 13.1 Å². The van der Waals surface area contributed by atoms with Crippen LogP contribution < -0.4 is 5.43 Å². The van der Waals surface area contributed by atoms with Crippen molar-refractivity contribution in [3.8, 4) is 0 Å². The number of hydrogen-bond acceptors (Lipinski definition) is 6. The lowest BCUT2D eigenvalue weighted by molar-refractivity contribution is 0.355. The minimum Gasteiger partial charge on any atom is -0.388 e. The standard InChI is InChI=1S/C30H26N8O/c39-21-28(33-35-29-31-24-15-7-9-17-26(24)37(29)19-22-11-3-1-4-12-22)34-36-30-32-25-16-8-10-18-27(25)38(30)20-23-13-5-2-6-14-23/h1-18,39H,19-21H2,(H,31,35)/b33-28+,36-34?. The highest BCUT2D eigenvalue weighted by Crippen LogP contribution is 2.24. The fourth-order valence-electron chi connectivity index (χ4n) is 4.45. The van der Waals surface area contributed by atoms with Crippen LogP contribution in [0.4, 0.5) is 11.9 Å². The van der Waals surface area contributed by atoms with Crippen molar-refractivity contribution in [1.82, 2.24) is 19.1 Å². The number of azo groups is 1. The van der Waals surface area contributed by atoms with E-state index in [0.29, 0.717) is 25.0 Å². The van der Waals surface area contributed by atoms with Crippen molar-refractivity contribution >= 4 is 39.8 Å². The van der Waals surface area contributed by atoms with E-state index in [-0.39, 0.29) is 5.84 Å². The van der Waals surface area contributed by atoms with Gasteiger partial charge in [-0.15, -0.1) is 10.2 Å². The van der Waals surface area contributed by atoms with E-state index in [2.05, 4.69) is 50.0 Å². The Hall–Kier alpha value is -5.15. The van der Waals surface area contributed by atoms with Gasteiger partial charge in [-0.2, -0.15) is 5.10 Å². The third-order valence-electron chi connectivity index (χ3n) is 6.34. The number of aliphatic hydroxyl groups excluding tert-OH is 1. The molecule has 192 valence electrons. The van der Waals surface area contributed by atoms with Crippen molar-refractivity contribution in [3.05, 3.63) is 120 Å². The summed E-state index contributed by atoms with van der Waals surface area (Å²) in [7, 11) is 0. The number of nitrogens with zero attached hydrogens (tertiary/aromatic N) is 7. The van der Waals surface area contributed by atoms with E-state index < -0.39 is 6.61 Å². The summed E-state index contributed by atoms with van der Waals surface area (Å²) in [6, 6.07) is 36.0. The number of aromatic nitrogens is 4. The molecular weight excluding hydrogens is 488 g/mol. The smallest absolute Gasteiger partial charge is 0.250 e. The van der Waals surface area contributed by atoms with Gasteiger partial charge in [0.25, 0.3) is 5.95 Å². The summed E-state index contributed by atoms with van der Waals surface area (Å²) in [6.07, 6.45) is 0. The van der Waals surface area contributed by atoms with Crippen LogP contribution >= 0.6 is 0 Å². The molecule has 9 nitrogen and oxygen atoms in total.